The van der Waals surface area contributed by atoms with Crippen molar-refractivity contribution in [2.24, 2.45) is 0 Å². The molecule has 1 atom stereocenters. The van der Waals surface area contributed by atoms with Gasteiger partial charge in [-0.3, -0.25) is 4.79 Å². The third kappa shape index (κ3) is 3.54. The van der Waals surface area contributed by atoms with Crippen molar-refractivity contribution in [2.45, 2.75) is 13.0 Å². The first kappa shape index (κ1) is 17.5. The predicted molar refractivity (Wildman–Crippen MR) is 94.5 cm³/mol. The maximum atomic E-state index is 12.5. The van der Waals surface area contributed by atoms with Crippen LogP contribution in [0.1, 0.15) is 22.8 Å². The molecule has 1 heterocycles. The van der Waals surface area contributed by atoms with Crippen LogP contribution in [-0.2, 0) is 9.53 Å². The standard InChI is InChI=1S/C20H18O6/c1-12(20(22)24-3)25-15-7-8-16-17(11-15)26-18(19(16)21)10-13-5-4-6-14(9-13)23-2/h4-12H,1-3H3/t12-/m1/s1. The summed E-state index contributed by atoms with van der Waals surface area (Å²) in [6, 6.07) is 12.1. The van der Waals surface area contributed by atoms with Crippen LogP contribution in [0.3, 0.4) is 0 Å². The highest BCUT2D eigenvalue weighted by molar-refractivity contribution is 6.14. The van der Waals surface area contributed by atoms with Gasteiger partial charge >= 0.3 is 5.97 Å². The second kappa shape index (κ2) is 7.31. The molecule has 0 radical (unpaired) electrons. The fourth-order valence-corrected chi connectivity index (χ4v) is 2.54. The number of esters is 1. The van der Waals surface area contributed by atoms with Gasteiger partial charge in [-0.25, -0.2) is 4.79 Å². The number of carbonyl (C=O) groups excluding carboxylic acids is 2. The molecule has 3 rings (SSSR count). The van der Waals surface area contributed by atoms with Gasteiger partial charge in [0.1, 0.15) is 17.2 Å². The molecule has 0 fully saturated rings. The van der Waals surface area contributed by atoms with Gasteiger partial charge in [0, 0.05) is 6.07 Å². The quantitative estimate of drug-likeness (QED) is 0.606. The summed E-state index contributed by atoms with van der Waals surface area (Å²) in [5.74, 6) is 1.01. The maximum absolute atomic E-state index is 12.5. The molecule has 0 aromatic heterocycles. The van der Waals surface area contributed by atoms with Gasteiger partial charge in [0.2, 0.25) is 5.78 Å². The average molecular weight is 354 g/mol. The minimum absolute atomic E-state index is 0.213. The van der Waals surface area contributed by atoms with Crippen molar-refractivity contribution in [3.8, 4) is 17.2 Å². The summed E-state index contributed by atoms with van der Waals surface area (Å²) in [7, 11) is 2.87. The van der Waals surface area contributed by atoms with E-state index in [0.29, 0.717) is 22.8 Å². The lowest BCUT2D eigenvalue weighted by Crippen LogP contribution is -2.24. The van der Waals surface area contributed by atoms with E-state index in [0.717, 1.165) is 5.56 Å². The lowest BCUT2D eigenvalue weighted by atomic mass is 10.1. The molecular formula is C20H18O6. The Labute approximate surface area is 150 Å². The van der Waals surface area contributed by atoms with Crippen LogP contribution in [-0.4, -0.2) is 32.1 Å². The lowest BCUT2D eigenvalue weighted by Gasteiger charge is -2.12. The number of hydrogen-bond acceptors (Lipinski definition) is 6. The summed E-state index contributed by atoms with van der Waals surface area (Å²) in [5.41, 5.74) is 1.23. The van der Waals surface area contributed by atoms with Crippen LogP contribution in [0.5, 0.6) is 17.2 Å². The second-order valence-corrected chi connectivity index (χ2v) is 5.66. The third-order valence-electron chi connectivity index (χ3n) is 3.88. The van der Waals surface area contributed by atoms with E-state index in [4.69, 9.17) is 14.2 Å². The molecule has 0 spiro atoms. The zero-order valence-corrected chi connectivity index (χ0v) is 14.6. The van der Waals surface area contributed by atoms with Crippen molar-refractivity contribution >= 4 is 17.8 Å². The lowest BCUT2D eigenvalue weighted by molar-refractivity contribution is -0.147. The Morgan fingerprint density at radius 1 is 1.12 bits per heavy atom. The molecule has 6 nitrogen and oxygen atoms in total. The molecule has 0 saturated carbocycles. The molecule has 0 aliphatic carbocycles. The summed E-state index contributed by atoms with van der Waals surface area (Å²) < 4.78 is 21.0. The summed E-state index contributed by atoms with van der Waals surface area (Å²) in [5, 5.41) is 0. The van der Waals surface area contributed by atoms with Crippen LogP contribution in [0.15, 0.2) is 48.2 Å². The van der Waals surface area contributed by atoms with Gasteiger partial charge < -0.3 is 18.9 Å². The van der Waals surface area contributed by atoms with Gasteiger partial charge in [0.25, 0.3) is 0 Å². The number of fused-ring (bicyclic) bond motifs is 1. The zero-order chi connectivity index (χ0) is 18.7. The maximum Gasteiger partial charge on any atom is 0.346 e. The van der Waals surface area contributed by atoms with Gasteiger partial charge in [-0.2, -0.15) is 0 Å². The van der Waals surface area contributed by atoms with Crippen LogP contribution in [0, 0.1) is 0 Å². The Kier molecular flexibility index (Phi) is 4.93. The number of ether oxygens (including phenoxy) is 4. The van der Waals surface area contributed by atoms with Crippen molar-refractivity contribution in [3.63, 3.8) is 0 Å². The van der Waals surface area contributed by atoms with Gasteiger partial charge in [0.15, 0.2) is 11.9 Å². The third-order valence-corrected chi connectivity index (χ3v) is 3.88. The van der Waals surface area contributed by atoms with Crippen LogP contribution in [0.4, 0.5) is 0 Å². The number of rotatable bonds is 5. The summed E-state index contributed by atoms with van der Waals surface area (Å²) in [6.07, 6.45) is 0.893. The van der Waals surface area contributed by atoms with Crippen LogP contribution < -0.4 is 14.2 Å². The number of carbonyl (C=O) groups is 2. The molecule has 0 N–H and O–H groups in total. The highest BCUT2D eigenvalue weighted by Crippen LogP contribution is 2.35. The Hall–Kier alpha value is -3.28. The summed E-state index contributed by atoms with van der Waals surface area (Å²) >= 11 is 0. The predicted octanol–water partition coefficient (Wildman–Crippen LogP) is 3.25. The number of Topliss-reactive ketones (excluding diaryl/α,β-unsaturated/α-hetero) is 1. The number of ketones is 1. The molecule has 6 heteroatoms. The molecule has 1 aliphatic heterocycles. The molecule has 134 valence electrons. The van der Waals surface area contributed by atoms with E-state index in [9.17, 15) is 9.59 Å². The van der Waals surface area contributed by atoms with E-state index in [1.165, 1.54) is 7.11 Å². The Bertz CT molecular complexity index is 884. The smallest absolute Gasteiger partial charge is 0.346 e. The molecule has 26 heavy (non-hydrogen) atoms. The average Bonchev–Trinajstić information content (AvgIpc) is 2.96. The minimum atomic E-state index is -0.762. The van der Waals surface area contributed by atoms with Crippen molar-refractivity contribution in [1.29, 1.82) is 0 Å². The van der Waals surface area contributed by atoms with Crippen molar-refractivity contribution in [1.82, 2.24) is 0 Å². The Morgan fingerprint density at radius 2 is 1.92 bits per heavy atom. The van der Waals surface area contributed by atoms with Gasteiger partial charge in [-0.05, 0) is 42.8 Å². The van der Waals surface area contributed by atoms with E-state index in [1.807, 2.05) is 18.2 Å². The zero-order valence-electron chi connectivity index (χ0n) is 14.6. The van der Waals surface area contributed by atoms with Gasteiger partial charge in [-0.15, -0.1) is 0 Å². The van der Waals surface area contributed by atoms with Gasteiger partial charge in [-0.1, -0.05) is 12.1 Å². The monoisotopic (exact) mass is 354 g/mol. The highest BCUT2D eigenvalue weighted by Gasteiger charge is 2.28. The van der Waals surface area contributed by atoms with Crippen molar-refractivity contribution in [2.75, 3.05) is 14.2 Å². The fourth-order valence-electron chi connectivity index (χ4n) is 2.54. The Balaban J connectivity index is 1.82. The molecule has 0 unspecified atom stereocenters. The van der Waals surface area contributed by atoms with E-state index in [-0.39, 0.29) is 11.5 Å². The molecular weight excluding hydrogens is 336 g/mol. The first-order valence-electron chi connectivity index (χ1n) is 7.98. The van der Waals surface area contributed by atoms with Crippen LogP contribution >= 0.6 is 0 Å². The molecule has 2 aromatic carbocycles. The van der Waals surface area contributed by atoms with Crippen molar-refractivity contribution in [3.05, 3.63) is 59.4 Å². The number of methoxy groups -OCH3 is 2. The topological polar surface area (TPSA) is 71.1 Å². The largest absolute Gasteiger partial charge is 0.497 e. The van der Waals surface area contributed by atoms with Gasteiger partial charge in [0.05, 0.1) is 19.8 Å². The highest BCUT2D eigenvalue weighted by atomic mass is 16.6. The Morgan fingerprint density at radius 3 is 2.65 bits per heavy atom. The first-order valence-corrected chi connectivity index (χ1v) is 7.98. The van der Waals surface area contributed by atoms with E-state index < -0.39 is 12.1 Å². The normalized spacial score (nSPS) is 15.2. The molecule has 2 aromatic rings. The minimum Gasteiger partial charge on any atom is -0.497 e. The van der Waals surface area contributed by atoms with Crippen molar-refractivity contribution < 1.29 is 28.5 Å². The van der Waals surface area contributed by atoms with Crippen LogP contribution in [0.2, 0.25) is 0 Å². The first-order chi connectivity index (χ1) is 12.5. The van der Waals surface area contributed by atoms with Crippen LogP contribution in [0.25, 0.3) is 6.08 Å². The summed E-state index contributed by atoms with van der Waals surface area (Å²) in [4.78, 5) is 24.0. The number of allylic oxidation sites excluding steroid dienone is 1. The fraction of sp³-hybridized carbons (Fsp3) is 0.200. The number of benzene rings is 2. The molecule has 0 bridgehead atoms. The van der Waals surface area contributed by atoms with E-state index >= 15 is 0 Å². The molecule has 0 amide bonds. The summed E-state index contributed by atoms with van der Waals surface area (Å²) in [6.45, 7) is 1.58. The number of hydrogen-bond donors (Lipinski definition) is 0. The SMILES string of the molecule is COC(=O)[C@@H](C)Oc1ccc2c(c1)OC(=Cc1cccc(OC)c1)C2=O. The van der Waals surface area contributed by atoms with E-state index in [1.54, 1.807) is 44.4 Å². The molecule has 0 saturated heterocycles. The molecule has 1 aliphatic rings. The second-order valence-electron chi connectivity index (χ2n) is 5.66. The van der Waals surface area contributed by atoms with E-state index in [2.05, 4.69) is 4.74 Å².